The van der Waals surface area contributed by atoms with Crippen molar-refractivity contribution in [2.24, 2.45) is 0 Å². The number of unbranched alkanes of at least 4 members (excludes halogenated alkanes) is 7. The van der Waals surface area contributed by atoms with Gasteiger partial charge in [0.25, 0.3) is 0 Å². The fourth-order valence-electron chi connectivity index (χ4n) is 3.63. The Hall–Kier alpha value is -1.35. The fraction of sp³-hybridized carbons (Fsp3) is 0.696. The zero-order chi connectivity index (χ0) is 19.3. The van der Waals surface area contributed by atoms with Crippen molar-refractivity contribution in [1.29, 1.82) is 0 Å². The van der Waals surface area contributed by atoms with Crippen molar-refractivity contribution in [2.75, 3.05) is 20.7 Å². The van der Waals surface area contributed by atoms with E-state index in [1.807, 2.05) is 13.0 Å². The molecule has 1 atom stereocenters. The summed E-state index contributed by atoms with van der Waals surface area (Å²) in [7, 11) is 4.30. The third kappa shape index (κ3) is 8.84. The summed E-state index contributed by atoms with van der Waals surface area (Å²) < 4.78 is 6.05. The van der Waals surface area contributed by atoms with Crippen LogP contribution in [0.1, 0.15) is 77.2 Å². The van der Waals surface area contributed by atoms with Gasteiger partial charge in [0.15, 0.2) is 6.04 Å². The summed E-state index contributed by atoms with van der Waals surface area (Å²) >= 11 is 0. The maximum Gasteiger partial charge on any atom is 0.364 e. The van der Waals surface area contributed by atoms with Crippen LogP contribution in [0.4, 0.5) is 0 Å². The average Bonchev–Trinajstić information content (AvgIpc) is 2.60. The van der Waals surface area contributed by atoms with Crippen LogP contribution in [0.25, 0.3) is 0 Å². The van der Waals surface area contributed by atoms with E-state index in [-0.39, 0.29) is 12.0 Å². The van der Waals surface area contributed by atoms with E-state index in [0.29, 0.717) is 11.1 Å². The number of ether oxygens (including phenoxy) is 1. The van der Waals surface area contributed by atoms with Gasteiger partial charge in [-0.2, -0.15) is 0 Å². The van der Waals surface area contributed by atoms with E-state index in [0.717, 1.165) is 19.4 Å². The number of benzene rings is 1. The van der Waals surface area contributed by atoms with E-state index in [2.05, 4.69) is 45.3 Å². The molecule has 0 amide bonds. The minimum absolute atomic E-state index is 0.0450. The molecule has 1 rings (SSSR count). The molecule has 0 aliphatic heterocycles. The van der Waals surface area contributed by atoms with Crippen LogP contribution in [0.15, 0.2) is 30.3 Å². The molecule has 26 heavy (non-hydrogen) atoms. The summed E-state index contributed by atoms with van der Waals surface area (Å²) in [6.07, 6.45) is 11.2. The summed E-state index contributed by atoms with van der Waals surface area (Å²) in [6.45, 7) is 5.45. The molecule has 0 aliphatic rings. The molecule has 0 spiro atoms. The lowest BCUT2D eigenvalue weighted by molar-refractivity contribution is -0.920. The molecule has 3 heteroatoms. The number of hydrogen-bond donors (Lipinski definition) is 0. The first-order valence-corrected chi connectivity index (χ1v) is 10.5. The zero-order valence-corrected chi connectivity index (χ0v) is 17.5. The number of quaternary nitrogens is 1. The first-order chi connectivity index (χ1) is 12.5. The number of rotatable bonds is 14. The van der Waals surface area contributed by atoms with Crippen LogP contribution in [0.5, 0.6) is 0 Å². The Morgan fingerprint density at radius 3 is 2.08 bits per heavy atom. The topological polar surface area (TPSA) is 26.3 Å². The van der Waals surface area contributed by atoms with Crippen LogP contribution in [0, 0.1) is 0 Å². The molecule has 1 aromatic carbocycles. The first kappa shape index (κ1) is 22.7. The number of carbonyl (C=O) groups excluding carboxylic acids is 1. The minimum atomic E-state index is -0.0877. The Kier molecular flexibility index (Phi) is 11.3. The van der Waals surface area contributed by atoms with Crippen LogP contribution in [0.2, 0.25) is 0 Å². The average molecular weight is 363 g/mol. The van der Waals surface area contributed by atoms with Gasteiger partial charge in [-0.15, -0.1) is 0 Å². The van der Waals surface area contributed by atoms with Crippen LogP contribution < -0.4 is 0 Å². The van der Waals surface area contributed by atoms with E-state index in [9.17, 15) is 4.79 Å². The number of carbonyl (C=O) groups is 1. The molecule has 0 fully saturated rings. The van der Waals surface area contributed by atoms with Gasteiger partial charge in [-0.25, -0.2) is 4.79 Å². The highest BCUT2D eigenvalue weighted by atomic mass is 16.5. The van der Waals surface area contributed by atoms with Crippen molar-refractivity contribution in [3.8, 4) is 0 Å². The van der Waals surface area contributed by atoms with E-state index in [1.54, 1.807) is 0 Å². The third-order valence-corrected chi connectivity index (χ3v) is 5.17. The summed E-state index contributed by atoms with van der Waals surface area (Å²) in [6, 6.07) is 10.3. The van der Waals surface area contributed by atoms with Crippen molar-refractivity contribution in [3.63, 3.8) is 0 Å². The molecule has 148 valence electrons. The van der Waals surface area contributed by atoms with Crippen molar-refractivity contribution < 1.29 is 14.0 Å². The Balaban J connectivity index is 2.51. The highest BCUT2D eigenvalue weighted by Gasteiger charge is 2.35. The SMILES string of the molecule is CCCCCCCCCCC(C(=O)OCC)[N+](C)(C)Cc1ccccc1. The highest BCUT2D eigenvalue weighted by molar-refractivity contribution is 5.74. The molecule has 3 nitrogen and oxygen atoms in total. The van der Waals surface area contributed by atoms with Crippen LogP contribution in [-0.2, 0) is 16.1 Å². The van der Waals surface area contributed by atoms with Crippen molar-refractivity contribution in [3.05, 3.63) is 35.9 Å². The van der Waals surface area contributed by atoms with Crippen LogP contribution in [-0.4, -0.2) is 37.2 Å². The van der Waals surface area contributed by atoms with E-state index in [1.165, 1.54) is 50.5 Å². The fourth-order valence-corrected chi connectivity index (χ4v) is 3.63. The Morgan fingerprint density at radius 1 is 0.923 bits per heavy atom. The summed E-state index contributed by atoms with van der Waals surface area (Å²) in [4.78, 5) is 12.6. The predicted octanol–water partition coefficient (Wildman–Crippen LogP) is 5.73. The molecule has 0 aliphatic carbocycles. The van der Waals surface area contributed by atoms with Gasteiger partial charge in [0.05, 0.1) is 20.7 Å². The van der Waals surface area contributed by atoms with Crippen LogP contribution in [0.3, 0.4) is 0 Å². The number of nitrogens with zero attached hydrogens (tertiary/aromatic N) is 1. The summed E-state index contributed by atoms with van der Waals surface area (Å²) in [5.41, 5.74) is 1.27. The van der Waals surface area contributed by atoms with E-state index >= 15 is 0 Å². The normalized spacial score (nSPS) is 12.8. The number of esters is 1. The van der Waals surface area contributed by atoms with Gasteiger partial charge >= 0.3 is 5.97 Å². The van der Waals surface area contributed by atoms with Gasteiger partial charge < -0.3 is 9.22 Å². The standard InChI is InChI=1S/C23H40NO2/c1-5-7-8-9-10-11-12-16-19-22(23(25)26-6-2)24(3,4)20-21-17-14-13-15-18-21/h13-15,17-18,22H,5-12,16,19-20H2,1-4H3/q+1. The largest absolute Gasteiger partial charge is 0.462 e. The van der Waals surface area contributed by atoms with E-state index in [4.69, 9.17) is 4.74 Å². The van der Waals surface area contributed by atoms with Crippen molar-refractivity contribution >= 4 is 5.97 Å². The monoisotopic (exact) mass is 362 g/mol. The molecule has 0 bridgehead atoms. The molecule has 0 radical (unpaired) electrons. The Bertz CT molecular complexity index is 484. The van der Waals surface area contributed by atoms with Gasteiger partial charge in [0.2, 0.25) is 0 Å². The Morgan fingerprint density at radius 2 is 1.50 bits per heavy atom. The second-order valence-electron chi connectivity index (χ2n) is 7.95. The number of hydrogen-bond acceptors (Lipinski definition) is 2. The molecular weight excluding hydrogens is 322 g/mol. The van der Waals surface area contributed by atoms with Crippen LogP contribution >= 0.6 is 0 Å². The molecule has 1 aromatic rings. The number of likely N-dealkylation sites (N-methyl/N-ethyl adjacent to an activating group) is 1. The van der Waals surface area contributed by atoms with Gasteiger partial charge in [0, 0.05) is 12.0 Å². The quantitative estimate of drug-likeness (QED) is 0.240. The Labute approximate surface area is 161 Å². The van der Waals surface area contributed by atoms with E-state index < -0.39 is 0 Å². The molecule has 0 aromatic heterocycles. The lowest BCUT2D eigenvalue weighted by Crippen LogP contribution is -2.52. The maximum atomic E-state index is 12.6. The van der Waals surface area contributed by atoms with Crippen molar-refractivity contribution in [1.82, 2.24) is 0 Å². The molecule has 0 saturated heterocycles. The molecular formula is C23H40NO2+. The first-order valence-electron chi connectivity index (χ1n) is 10.5. The van der Waals surface area contributed by atoms with Crippen molar-refractivity contribution in [2.45, 2.75) is 84.2 Å². The maximum absolute atomic E-state index is 12.6. The smallest absolute Gasteiger partial charge is 0.364 e. The predicted molar refractivity (Wildman–Crippen MR) is 110 cm³/mol. The van der Waals surface area contributed by atoms with Gasteiger partial charge in [-0.3, -0.25) is 0 Å². The third-order valence-electron chi connectivity index (χ3n) is 5.17. The summed E-state index contributed by atoms with van der Waals surface area (Å²) in [5, 5.41) is 0. The van der Waals surface area contributed by atoms with Gasteiger partial charge in [0.1, 0.15) is 6.54 Å². The molecule has 1 unspecified atom stereocenters. The second-order valence-corrected chi connectivity index (χ2v) is 7.95. The summed E-state index contributed by atoms with van der Waals surface area (Å²) in [5.74, 6) is -0.0450. The highest BCUT2D eigenvalue weighted by Crippen LogP contribution is 2.21. The minimum Gasteiger partial charge on any atom is -0.462 e. The lowest BCUT2D eigenvalue weighted by atomic mass is 10.0. The van der Waals surface area contributed by atoms with Gasteiger partial charge in [-0.1, -0.05) is 82.2 Å². The van der Waals surface area contributed by atoms with Gasteiger partial charge in [-0.05, 0) is 13.3 Å². The zero-order valence-electron chi connectivity index (χ0n) is 17.5. The molecule has 0 saturated carbocycles. The molecule has 0 N–H and O–H groups in total. The lowest BCUT2D eigenvalue weighted by Gasteiger charge is -2.36. The molecule has 0 heterocycles. The second kappa shape index (κ2) is 12.9.